The number of thioether (sulfide) groups is 1. The molecule has 0 aliphatic carbocycles. The number of rotatable bonds is 5. The van der Waals surface area contributed by atoms with Crippen LogP contribution in [0.3, 0.4) is 0 Å². The van der Waals surface area contributed by atoms with Crippen LogP contribution < -0.4 is 5.32 Å². The van der Waals surface area contributed by atoms with Crippen LogP contribution in [0.25, 0.3) is 11.4 Å². The molecule has 5 aromatic rings. The Labute approximate surface area is 236 Å². The maximum atomic E-state index is 12.1. The highest BCUT2D eigenvalue weighted by molar-refractivity contribution is 9.10. The average Bonchev–Trinajstić information content (AvgIpc) is 3.53. The Hall–Kier alpha value is -3.79. The lowest BCUT2D eigenvalue weighted by molar-refractivity contribution is 0.106. The van der Waals surface area contributed by atoms with Crippen LogP contribution in [0.2, 0.25) is 0 Å². The first kappa shape index (κ1) is 25.8. The number of nitrogens with one attached hydrogen (secondary N) is 1. The quantitative estimate of drug-likeness (QED) is 0.212. The Morgan fingerprint density at radius 3 is 2.55 bits per heavy atom. The van der Waals surface area contributed by atoms with E-state index < -0.39 is 0 Å². The second-order valence-corrected chi connectivity index (χ2v) is 10.9. The minimum absolute atomic E-state index is 0.0376. The number of aliphatic imine (C=N–C) groups is 1. The van der Waals surface area contributed by atoms with Crippen molar-refractivity contribution in [2.45, 2.75) is 11.4 Å². The maximum Gasteiger partial charge on any atom is 0.218 e. The van der Waals surface area contributed by atoms with Crippen LogP contribution in [0.15, 0.2) is 117 Å². The molecule has 0 saturated carbocycles. The van der Waals surface area contributed by atoms with Gasteiger partial charge in [-0.15, -0.1) is 11.3 Å². The second-order valence-electron chi connectivity index (χ2n) is 8.11. The van der Waals surface area contributed by atoms with Gasteiger partial charge in [0.15, 0.2) is 5.13 Å². The van der Waals surface area contributed by atoms with Crippen LogP contribution in [0.1, 0.15) is 15.9 Å². The topological polar surface area (TPSA) is 87.5 Å². The number of phenolic OH excluding ortho intramolecular Hbond substituents is 1. The molecule has 188 valence electrons. The predicted octanol–water partition coefficient (Wildman–Crippen LogP) is 7.99. The molecule has 38 heavy (non-hydrogen) atoms. The highest BCUT2D eigenvalue weighted by Crippen LogP contribution is 2.33. The number of thiazole rings is 1. The van der Waals surface area contributed by atoms with Gasteiger partial charge in [-0.25, -0.2) is 4.98 Å². The molecule has 0 amide bonds. The summed E-state index contributed by atoms with van der Waals surface area (Å²) in [7, 11) is 0. The molecule has 1 aliphatic heterocycles. The van der Waals surface area contributed by atoms with Gasteiger partial charge in [-0.1, -0.05) is 64.1 Å². The lowest BCUT2D eigenvalue weighted by Crippen LogP contribution is -2.04. The molecule has 0 atom stereocenters. The molecule has 3 heterocycles. The van der Waals surface area contributed by atoms with Crippen molar-refractivity contribution < 1.29 is 9.90 Å². The molecule has 0 unspecified atom stereocenters. The fourth-order valence-electron chi connectivity index (χ4n) is 3.58. The minimum atomic E-state index is 0.0376. The molecule has 0 fully saturated rings. The van der Waals surface area contributed by atoms with Gasteiger partial charge in [0, 0.05) is 38.3 Å². The molecular weight excluding hydrogens is 580 g/mol. The molecule has 0 spiro atoms. The van der Waals surface area contributed by atoms with E-state index in [0.29, 0.717) is 11.6 Å². The van der Waals surface area contributed by atoms with Crippen molar-refractivity contribution >= 4 is 60.7 Å². The van der Waals surface area contributed by atoms with Crippen molar-refractivity contribution in [1.82, 2.24) is 9.97 Å². The Bertz CT molecular complexity index is 1610. The Kier molecular flexibility index (Phi) is 8.28. The molecule has 2 N–H and O–H groups in total. The highest BCUT2D eigenvalue weighted by atomic mass is 79.9. The average molecular weight is 602 g/mol. The zero-order valence-electron chi connectivity index (χ0n) is 19.9. The monoisotopic (exact) mass is 600 g/mol. The second kappa shape index (κ2) is 12.2. The van der Waals surface area contributed by atoms with Crippen LogP contribution in [0.4, 0.5) is 10.8 Å². The van der Waals surface area contributed by atoms with Crippen molar-refractivity contribution in [3.63, 3.8) is 0 Å². The molecule has 0 bridgehead atoms. The number of benzene rings is 3. The normalized spacial score (nSPS) is 13.1. The van der Waals surface area contributed by atoms with Gasteiger partial charge >= 0.3 is 0 Å². The fourth-order valence-corrected chi connectivity index (χ4v) is 5.71. The highest BCUT2D eigenvalue weighted by Gasteiger charge is 2.26. The summed E-state index contributed by atoms with van der Waals surface area (Å²) in [4.78, 5) is 26.3. The van der Waals surface area contributed by atoms with Gasteiger partial charge in [0.1, 0.15) is 16.5 Å². The van der Waals surface area contributed by atoms with Crippen LogP contribution in [0.5, 0.6) is 5.75 Å². The maximum absolute atomic E-state index is 12.1. The van der Waals surface area contributed by atoms with Crippen LogP contribution >= 0.6 is 39.0 Å². The summed E-state index contributed by atoms with van der Waals surface area (Å²) < 4.78 is 1.03. The van der Waals surface area contributed by atoms with E-state index in [1.54, 1.807) is 24.4 Å². The number of ketones is 1. The number of Topliss-reactive ketones (excluding diaryl/α,β-unsaturated/α-hetero) is 1. The van der Waals surface area contributed by atoms with Crippen molar-refractivity contribution in [2.24, 2.45) is 4.99 Å². The van der Waals surface area contributed by atoms with E-state index >= 15 is 0 Å². The first-order chi connectivity index (χ1) is 18.5. The molecule has 6 nitrogen and oxygen atoms in total. The summed E-state index contributed by atoms with van der Waals surface area (Å²) in [5.74, 6) is 0.266. The minimum Gasteiger partial charge on any atom is -0.508 e. The molecule has 6 rings (SSSR count). The summed E-state index contributed by atoms with van der Waals surface area (Å²) in [5.41, 5.74) is 4.35. The van der Waals surface area contributed by atoms with Crippen molar-refractivity contribution in [3.8, 4) is 17.1 Å². The van der Waals surface area contributed by atoms with Crippen LogP contribution in [-0.4, -0.2) is 25.9 Å². The Morgan fingerprint density at radius 2 is 1.76 bits per heavy atom. The van der Waals surface area contributed by atoms with Crippen molar-refractivity contribution in [3.05, 3.63) is 118 Å². The summed E-state index contributed by atoms with van der Waals surface area (Å²) in [6.45, 7) is 0.529. The lowest BCUT2D eigenvalue weighted by atomic mass is 10.1. The number of carbonyl (C=O) groups excluding carboxylic acids is 1. The predicted molar refractivity (Wildman–Crippen MR) is 159 cm³/mol. The third-order valence-corrected chi connectivity index (χ3v) is 7.69. The zero-order valence-corrected chi connectivity index (χ0v) is 23.1. The zero-order chi connectivity index (χ0) is 26.3. The summed E-state index contributed by atoms with van der Waals surface area (Å²) in [5, 5.41) is 15.9. The van der Waals surface area contributed by atoms with Gasteiger partial charge in [0.2, 0.25) is 5.78 Å². The molecule has 2 aromatic heterocycles. The van der Waals surface area contributed by atoms with Gasteiger partial charge in [-0.05, 0) is 54.1 Å². The Balaban J connectivity index is 0.000000155. The number of fused-ring (bicyclic) bond motifs is 1. The fraction of sp³-hybridized carbons (Fsp3) is 0.0345. The molecule has 9 heteroatoms. The van der Waals surface area contributed by atoms with E-state index in [0.717, 1.165) is 42.7 Å². The van der Waals surface area contributed by atoms with E-state index in [1.165, 1.54) is 23.1 Å². The first-order valence-electron chi connectivity index (χ1n) is 11.6. The number of nitrogens with zero attached hydrogens (tertiary/aromatic N) is 3. The number of carbonyl (C=O) groups is 1. The van der Waals surface area contributed by atoms with E-state index in [1.807, 2.05) is 78.2 Å². The number of hydrogen-bond acceptors (Lipinski definition) is 8. The van der Waals surface area contributed by atoms with E-state index in [4.69, 9.17) is 0 Å². The first-order valence-corrected chi connectivity index (χ1v) is 14.1. The standard InChI is InChI=1S/C15H10BrNOS.C14H11N3OS/c16-11-5-3-4-10(8-11)9-17-15-14(18)12-6-1-2-7-13(12)19-15;18-11-5-3-4-10(8-11)16-14-17-13(9-19-14)12-6-1-2-7-15-12/h1-8H,9H2;1-9,18H,(H,16,17). The number of pyridine rings is 1. The number of aromatic nitrogens is 2. The lowest BCUT2D eigenvalue weighted by Gasteiger charge is -2.02. The summed E-state index contributed by atoms with van der Waals surface area (Å²) in [6, 6.07) is 28.3. The molecule has 1 aliphatic rings. The van der Waals surface area contributed by atoms with Gasteiger partial charge in [-0.2, -0.15) is 0 Å². The van der Waals surface area contributed by atoms with Gasteiger partial charge in [-0.3, -0.25) is 14.8 Å². The van der Waals surface area contributed by atoms with E-state index in [2.05, 4.69) is 36.2 Å². The molecule has 0 saturated heterocycles. The number of aromatic hydroxyl groups is 1. The third kappa shape index (κ3) is 6.55. The van der Waals surface area contributed by atoms with Gasteiger partial charge < -0.3 is 10.4 Å². The van der Waals surface area contributed by atoms with Crippen LogP contribution in [0, 0.1) is 0 Å². The van der Waals surface area contributed by atoms with Crippen molar-refractivity contribution in [1.29, 1.82) is 0 Å². The molecular formula is C29H21BrN4O2S2. The SMILES string of the molecule is O=C1C(=NCc2cccc(Br)c2)Sc2ccccc21.Oc1cccc(Nc2nc(-c3ccccn3)cs2)c1. The van der Waals surface area contributed by atoms with Crippen LogP contribution in [-0.2, 0) is 6.54 Å². The van der Waals surface area contributed by atoms with Gasteiger partial charge in [0.25, 0.3) is 0 Å². The smallest absolute Gasteiger partial charge is 0.218 e. The summed E-state index contributed by atoms with van der Waals surface area (Å²) >= 11 is 6.39. The summed E-state index contributed by atoms with van der Waals surface area (Å²) in [6.07, 6.45) is 1.75. The van der Waals surface area contributed by atoms with E-state index in [-0.39, 0.29) is 11.5 Å². The van der Waals surface area contributed by atoms with Gasteiger partial charge in [0.05, 0.1) is 12.2 Å². The number of halogens is 1. The number of phenols is 1. The van der Waals surface area contributed by atoms with E-state index in [9.17, 15) is 9.90 Å². The van der Waals surface area contributed by atoms with Crippen molar-refractivity contribution in [2.75, 3.05) is 5.32 Å². The number of anilines is 2. The molecule has 0 radical (unpaired) electrons. The number of hydrogen-bond donors (Lipinski definition) is 2. The largest absolute Gasteiger partial charge is 0.508 e. The third-order valence-electron chi connectivity index (χ3n) is 5.36. The molecule has 3 aromatic carbocycles. The Morgan fingerprint density at radius 1 is 0.921 bits per heavy atom.